The number of benzene rings is 2. The first kappa shape index (κ1) is 9.88. The summed E-state index contributed by atoms with van der Waals surface area (Å²) in [6, 6.07) is 20.0. The second-order valence-electron chi connectivity index (χ2n) is 3.01. The van der Waals surface area contributed by atoms with Gasteiger partial charge < -0.3 is 5.09 Å². The van der Waals surface area contributed by atoms with Crippen LogP contribution in [0.25, 0.3) is 0 Å². The van der Waals surface area contributed by atoms with Gasteiger partial charge in [0.05, 0.1) is 5.69 Å². The van der Waals surface area contributed by atoms with E-state index in [1.807, 2.05) is 60.7 Å². The van der Waals surface area contributed by atoms with Gasteiger partial charge in [0.2, 0.25) is 0 Å². The van der Waals surface area contributed by atoms with Crippen molar-refractivity contribution < 1.29 is 0 Å². The lowest BCUT2D eigenvalue weighted by atomic mass is 10.3. The molecule has 0 heterocycles. The molecule has 0 fully saturated rings. The van der Waals surface area contributed by atoms with Crippen molar-refractivity contribution >= 4 is 19.9 Å². The molecule has 0 bridgehead atoms. The maximum Gasteiger partial charge on any atom is 0.130 e. The van der Waals surface area contributed by atoms with Crippen LogP contribution in [0.4, 0.5) is 11.4 Å². The van der Waals surface area contributed by atoms with Crippen LogP contribution < -0.4 is 5.09 Å². The van der Waals surface area contributed by atoms with Gasteiger partial charge in [-0.15, -0.1) is 0 Å². The van der Waals surface area contributed by atoms with E-state index in [2.05, 4.69) is 9.83 Å². The van der Waals surface area contributed by atoms with Crippen molar-refractivity contribution in [2.24, 2.45) is 4.74 Å². The number of nitrogens with one attached hydrogen (secondary N) is 1. The molecule has 0 spiro atoms. The fourth-order valence-corrected chi connectivity index (χ4v) is 1.71. The van der Waals surface area contributed by atoms with Gasteiger partial charge in [-0.25, -0.2) is 4.74 Å². The van der Waals surface area contributed by atoms with Gasteiger partial charge in [-0.1, -0.05) is 36.4 Å². The SMILES string of the molecule is c1ccc(N=PNc2ccccc2)cc1. The van der Waals surface area contributed by atoms with Crippen LogP contribution >= 0.6 is 8.52 Å². The highest BCUT2D eigenvalue weighted by Gasteiger charge is 1.86. The summed E-state index contributed by atoms with van der Waals surface area (Å²) in [6.45, 7) is 0. The molecular weight excluding hydrogens is 203 g/mol. The van der Waals surface area contributed by atoms with Crippen molar-refractivity contribution in [3.63, 3.8) is 0 Å². The Hall–Kier alpha value is -1.66. The summed E-state index contributed by atoms with van der Waals surface area (Å²) >= 11 is 0. The average Bonchev–Trinajstić information content (AvgIpc) is 2.32. The molecule has 0 saturated heterocycles. The monoisotopic (exact) mass is 214 g/mol. The van der Waals surface area contributed by atoms with E-state index in [9.17, 15) is 0 Å². The molecule has 15 heavy (non-hydrogen) atoms. The third kappa shape index (κ3) is 3.19. The Bertz CT molecular complexity index is 426. The molecule has 3 heteroatoms. The summed E-state index contributed by atoms with van der Waals surface area (Å²) in [7, 11) is 0.848. The standard InChI is InChI=1S/C12H11N2P/c1-3-7-11(8-4-1)13-15-14-12-9-5-2-6-10-12/h1-10H,(H,13,14). The Morgan fingerprint density at radius 1 is 0.800 bits per heavy atom. The van der Waals surface area contributed by atoms with Gasteiger partial charge in [0, 0.05) is 5.69 Å². The van der Waals surface area contributed by atoms with Crippen LogP contribution in [-0.2, 0) is 0 Å². The van der Waals surface area contributed by atoms with Crippen LogP contribution in [0.15, 0.2) is 65.4 Å². The first-order valence-electron chi connectivity index (χ1n) is 4.72. The van der Waals surface area contributed by atoms with E-state index in [1.165, 1.54) is 0 Å². The Kier molecular flexibility index (Phi) is 3.48. The van der Waals surface area contributed by atoms with Crippen molar-refractivity contribution in [1.29, 1.82) is 0 Å². The zero-order valence-electron chi connectivity index (χ0n) is 8.17. The van der Waals surface area contributed by atoms with Crippen molar-refractivity contribution in [2.45, 2.75) is 0 Å². The highest BCUT2D eigenvalue weighted by atomic mass is 31.1. The van der Waals surface area contributed by atoms with Crippen LogP contribution in [0.3, 0.4) is 0 Å². The van der Waals surface area contributed by atoms with Gasteiger partial charge in [-0.3, -0.25) is 0 Å². The van der Waals surface area contributed by atoms with Gasteiger partial charge in [0.15, 0.2) is 0 Å². The molecule has 0 radical (unpaired) electrons. The number of rotatable bonds is 3. The first-order valence-corrected chi connectivity index (χ1v) is 5.57. The van der Waals surface area contributed by atoms with Gasteiger partial charge in [0.25, 0.3) is 0 Å². The topological polar surface area (TPSA) is 24.4 Å². The van der Waals surface area contributed by atoms with Gasteiger partial charge in [-0.05, 0) is 24.3 Å². The molecule has 0 amide bonds. The predicted molar refractivity (Wildman–Crippen MR) is 65.5 cm³/mol. The minimum absolute atomic E-state index is 0.848. The fraction of sp³-hybridized carbons (Fsp3) is 0. The molecule has 2 aromatic carbocycles. The largest absolute Gasteiger partial charge is 0.323 e. The Balaban J connectivity index is 1.97. The summed E-state index contributed by atoms with van der Waals surface area (Å²) in [5.74, 6) is 0. The molecule has 0 aliphatic rings. The quantitative estimate of drug-likeness (QED) is 0.748. The van der Waals surface area contributed by atoms with Crippen molar-refractivity contribution in [2.75, 3.05) is 5.09 Å². The minimum atomic E-state index is 0.848. The molecule has 2 aromatic rings. The molecule has 2 rings (SSSR count). The molecule has 1 N–H and O–H groups in total. The number of anilines is 1. The van der Waals surface area contributed by atoms with Gasteiger partial charge in [0.1, 0.15) is 8.52 Å². The van der Waals surface area contributed by atoms with Crippen LogP contribution in [0, 0.1) is 0 Å². The molecular formula is C12H11N2P. The summed E-state index contributed by atoms with van der Waals surface area (Å²) in [5.41, 5.74) is 2.07. The smallest absolute Gasteiger partial charge is 0.130 e. The third-order valence-corrected chi connectivity index (χ3v) is 2.56. The normalized spacial score (nSPS) is 10.4. The number of hydrogen-bond donors (Lipinski definition) is 1. The summed E-state index contributed by atoms with van der Waals surface area (Å²) < 4.78 is 4.36. The van der Waals surface area contributed by atoms with Crippen LogP contribution in [0.2, 0.25) is 0 Å². The van der Waals surface area contributed by atoms with E-state index in [0.717, 1.165) is 19.9 Å². The van der Waals surface area contributed by atoms with E-state index in [4.69, 9.17) is 0 Å². The van der Waals surface area contributed by atoms with Crippen LogP contribution in [0.5, 0.6) is 0 Å². The lowest BCUT2D eigenvalue weighted by Gasteiger charge is -1.96. The Morgan fingerprint density at radius 2 is 1.40 bits per heavy atom. The summed E-state index contributed by atoms with van der Waals surface area (Å²) in [4.78, 5) is 0. The highest BCUT2D eigenvalue weighted by molar-refractivity contribution is 7.29. The van der Waals surface area contributed by atoms with Gasteiger partial charge in [-0.2, -0.15) is 0 Å². The molecule has 2 nitrogen and oxygen atoms in total. The summed E-state index contributed by atoms with van der Waals surface area (Å²) in [5, 5.41) is 3.20. The molecule has 0 unspecified atom stereocenters. The number of para-hydroxylation sites is 1. The molecule has 0 aromatic heterocycles. The van der Waals surface area contributed by atoms with E-state index in [1.54, 1.807) is 0 Å². The lowest BCUT2D eigenvalue weighted by Crippen LogP contribution is -1.76. The zero-order chi connectivity index (χ0) is 10.3. The molecule has 0 saturated carbocycles. The van der Waals surface area contributed by atoms with E-state index in [0.29, 0.717) is 0 Å². The molecule has 74 valence electrons. The van der Waals surface area contributed by atoms with Crippen molar-refractivity contribution in [3.8, 4) is 0 Å². The Labute approximate surface area is 90.9 Å². The van der Waals surface area contributed by atoms with E-state index < -0.39 is 0 Å². The highest BCUT2D eigenvalue weighted by Crippen LogP contribution is 2.18. The number of hydrogen-bond acceptors (Lipinski definition) is 1. The third-order valence-electron chi connectivity index (χ3n) is 1.87. The zero-order valence-corrected chi connectivity index (χ0v) is 9.06. The van der Waals surface area contributed by atoms with Crippen molar-refractivity contribution in [1.82, 2.24) is 0 Å². The predicted octanol–water partition coefficient (Wildman–Crippen LogP) is 4.48. The van der Waals surface area contributed by atoms with Gasteiger partial charge >= 0.3 is 0 Å². The minimum Gasteiger partial charge on any atom is -0.323 e. The van der Waals surface area contributed by atoms with Crippen molar-refractivity contribution in [3.05, 3.63) is 60.7 Å². The maximum absolute atomic E-state index is 4.36. The second kappa shape index (κ2) is 5.28. The van der Waals surface area contributed by atoms with E-state index in [-0.39, 0.29) is 0 Å². The fourth-order valence-electron chi connectivity index (χ4n) is 1.15. The van der Waals surface area contributed by atoms with Crippen LogP contribution in [-0.4, -0.2) is 0 Å². The lowest BCUT2D eigenvalue weighted by molar-refractivity contribution is 1.56. The first-order chi connectivity index (χ1) is 7.45. The molecule has 0 aliphatic heterocycles. The number of nitrogens with zero attached hydrogens (tertiary/aromatic N) is 1. The maximum atomic E-state index is 4.36. The van der Waals surface area contributed by atoms with E-state index >= 15 is 0 Å². The Morgan fingerprint density at radius 3 is 2.07 bits per heavy atom. The second-order valence-corrected chi connectivity index (χ2v) is 3.64. The molecule has 0 aliphatic carbocycles. The average molecular weight is 214 g/mol. The molecule has 0 atom stereocenters. The van der Waals surface area contributed by atoms with Crippen LogP contribution in [0.1, 0.15) is 0 Å². The summed E-state index contributed by atoms with van der Waals surface area (Å²) in [6.07, 6.45) is 0.